The highest BCUT2D eigenvalue weighted by Gasteiger charge is 2.56. The molecule has 5 nitrogen and oxygen atoms in total. The van der Waals surface area contributed by atoms with E-state index < -0.39 is 23.2 Å². The van der Waals surface area contributed by atoms with E-state index in [1.165, 1.54) is 22.9 Å². The quantitative estimate of drug-likeness (QED) is 0.100. The monoisotopic (exact) mass is 750 g/mol. The molecule has 0 radical (unpaired) electrons. The van der Waals surface area contributed by atoms with E-state index in [4.69, 9.17) is 18.9 Å². The second-order valence-electron chi connectivity index (χ2n) is 14.1. The maximum Gasteiger partial charge on any atom is 0.165 e. The molecule has 6 aromatic rings. The Hall–Kier alpha value is -4.53. The number of hydrogen-bond donors (Lipinski definition) is 1. The van der Waals surface area contributed by atoms with Gasteiger partial charge in [0.2, 0.25) is 0 Å². The first-order valence-corrected chi connectivity index (χ1v) is 20.1. The van der Waals surface area contributed by atoms with Gasteiger partial charge >= 0.3 is 0 Å². The van der Waals surface area contributed by atoms with E-state index >= 15 is 0 Å². The zero-order valence-corrected chi connectivity index (χ0v) is 32.2. The van der Waals surface area contributed by atoms with E-state index in [1.807, 2.05) is 97.1 Å². The smallest absolute Gasteiger partial charge is 0.165 e. The van der Waals surface area contributed by atoms with Gasteiger partial charge in [0.1, 0.15) is 18.3 Å². The van der Waals surface area contributed by atoms with Crippen LogP contribution in [0.1, 0.15) is 51.4 Å². The van der Waals surface area contributed by atoms with Crippen molar-refractivity contribution in [3.63, 3.8) is 0 Å². The molecule has 5 atom stereocenters. The highest BCUT2D eigenvalue weighted by molar-refractivity contribution is 8.00. The molecule has 7 rings (SSSR count). The molecule has 0 amide bonds. The van der Waals surface area contributed by atoms with Gasteiger partial charge in [0.15, 0.2) is 4.93 Å². The molecule has 0 bridgehead atoms. The summed E-state index contributed by atoms with van der Waals surface area (Å²) in [6.45, 7) is 3.95. The van der Waals surface area contributed by atoms with Gasteiger partial charge in [-0.15, -0.1) is 11.8 Å². The summed E-state index contributed by atoms with van der Waals surface area (Å²) in [5.41, 5.74) is 8.59. The highest BCUT2D eigenvalue weighted by atomic mass is 32.2. The van der Waals surface area contributed by atoms with Gasteiger partial charge in [0, 0.05) is 0 Å². The predicted molar refractivity (Wildman–Crippen MR) is 221 cm³/mol. The van der Waals surface area contributed by atoms with E-state index in [1.54, 1.807) is 0 Å². The topological polar surface area (TPSA) is 57.2 Å². The number of hydrogen-bond acceptors (Lipinski definition) is 6. The summed E-state index contributed by atoms with van der Waals surface area (Å²) in [5, 5.41) is 13.0. The number of aliphatic hydroxyl groups is 1. The third-order valence-corrected chi connectivity index (χ3v) is 11.7. The normalized spacial score (nSPS) is 21.0. The number of thioether (sulfide) groups is 1. The fraction of sp³-hybridized carbons (Fsp3) is 0.265. The van der Waals surface area contributed by atoms with Gasteiger partial charge in [0.25, 0.3) is 0 Å². The van der Waals surface area contributed by atoms with Crippen LogP contribution < -0.4 is 0 Å². The van der Waals surface area contributed by atoms with E-state index in [2.05, 4.69) is 79.7 Å². The van der Waals surface area contributed by atoms with Crippen LogP contribution in [-0.2, 0) is 63.1 Å². The number of ether oxygens (including phenoxy) is 4. The van der Waals surface area contributed by atoms with Crippen molar-refractivity contribution in [1.29, 1.82) is 0 Å². The molecule has 1 unspecified atom stereocenters. The van der Waals surface area contributed by atoms with Crippen LogP contribution in [0.4, 0.5) is 0 Å². The molecule has 1 aliphatic heterocycles. The Morgan fingerprint density at radius 3 is 1.51 bits per heavy atom. The minimum Gasteiger partial charge on any atom is -0.376 e. The molecule has 1 heterocycles. The molecule has 282 valence electrons. The first-order valence-electron chi connectivity index (χ1n) is 19.2. The Kier molecular flexibility index (Phi) is 13.6. The molecule has 0 spiro atoms. The van der Waals surface area contributed by atoms with Crippen LogP contribution in [0.5, 0.6) is 0 Å². The SMILES string of the molecule is CCc1ccc(Cc2cccc(C3(O)S[C@H](COCc4ccccc4)[C@@H](OCc4ccccc4)[C@H](OCc4ccccc4)[C@H]3OCc3ccccc3)c2)cc1. The lowest BCUT2D eigenvalue weighted by Crippen LogP contribution is -2.61. The Morgan fingerprint density at radius 1 is 0.491 bits per heavy atom. The fourth-order valence-electron chi connectivity index (χ4n) is 7.12. The zero-order chi connectivity index (χ0) is 37.7. The van der Waals surface area contributed by atoms with Gasteiger partial charge in [-0.2, -0.15) is 0 Å². The van der Waals surface area contributed by atoms with Crippen LogP contribution >= 0.6 is 11.8 Å². The maximum atomic E-state index is 13.3. The van der Waals surface area contributed by atoms with Crippen LogP contribution in [-0.4, -0.2) is 35.3 Å². The zero-order valence-electron chi connectivity index (χ0n) is 31.4. The molecule has 0 saturated carbocycles. The highest BCUT2D eigenvalue weighted by Crippen LogP contribution is 2.50. The third kappa shape index (κ3) is 10.4. The van der Waals surface area contributed by atoms with Crippen molar-refractivity contribution in [2.45, 2.75) is 74.7 Å². The predicted octanol–water partition coefficient (Wildman–Crippen LogP) is 10.1. The number of benzene rings is 6. The van der Waals surface area contributed by atoms with Gasteiger partial charge in [-0.1, -0.05) is 177 Å². The summed E-state index contributed by atoms with van der Waals surface area (Å²) in [7, 11) is 0. The van der Waals surface area contributed by atoms with Gasteiger partial charge in [-0.05, 0) is 57.3 Å². The average Bonchev–Trinajstić information content (AvgIpc) is 3.24. The van der Waals surface area contributed by atoms with Gasteiger partial charge in [0.05, 0.1) is 38.3 Å². The summed E-state index contributed by atoms with van der Waals surface area (Å²) in [5.74, 6) is 0. The molecular weight excluding hydrogens is 701 g/mol. The van der Waals surface area contributed by atoms with Crippen LogP contribution in [0.15, 0.2) is 170 Å². The molecule has 1 N–H and O–H groups in total. The van der Waals surface area contributed by atoms with Crippen molar-refractivity contribution in [2.75, 3.05) is 6.61 Å². The van der Waals surface area contributed by atoms with Crippen molar-refractivity contribution in [2.24, 2.45) is 0 Å². The molecule has 55 heavy (non-hydrogen) atoms. The number of rotatable bonds is 17. The van der Waals surface area contributed by atoms with Crippen molar-refractivity contribution >= 4 is 11.8 Å². The first kappa shape index (κ1) is 38.7. The van der Waals surface area contributed by atoms with E-state index in [9.17, 15) is 5.11 Å². The van der Waals surface area contributed by atoms with Crippen molar-refractivity contribution in [1.82, 2.24) is 0 Å². The van der Waals surface area contributed by atoms with Crippen molar-refractivity contribution < 1.29 is 24.1 Å². The summed E-state index contributed by atoms with van der Waals surface area (Å²) in [6.07, 6.45) is -0.189. The minimum absolute atomic E-state index is 0.295. The van der Waals surface area contributed by atoms with Gasteiger partial charge in [-0.3, -0.25) is 0 Å². The third-order valence-electron chi connectivity index (χ3n) is 10.1. The van der Waals surface area contributed by atoms with Crippen molar-refractivity contribution in [3.05, 3.63) is 214 Å². The molecule has 6 aromatic carbocycles. The van der Waals surface area contributed by atoms with E-state index in [0.717, 1.165) is 46.2 Å². The molecule has 0 aliphatic carbocycles. The largest absolute Gasteiger partial charge is 0.376 e. The van der Waals surface area contributed by atoms with E-state index in [0.29, 0.717) is 33.0 Å². The first-order chi connectivity index (χ1) is 27.1. The lowest BCUT2D eigenvalue weighted by molar-refractivity contribution is -0.199. The summed E-state index contributed by atoms with van der Waals surface area (Å²) >= 11 is 1.45. The molecule has 6 heteroatoms. The lowest BCUT2D eigenvalue weighted by Gasteiger charge is -2.50. The second kappa shape index (κ2) is 19.4. The number of aryl methyl sites for hydroxylation is 1. The average molecular weight is 751 g/mol. The maximum absolute atomic E-state index is 13.3. The summed E-state index contributed by atoms with van der Waals surface area (Å²) < 4.78 is 27.2. The van der Waals surface area contributed by atoms with Crippen molar-refractivity contribution in [3.8, 4) is 0 Å². The molecule has 1 fully saturated rings. The minimum atomic E-state index is -1.51. The van der Waals surface area contributed by atoms with Crippen LogP contribution in [0, 0.1) is 0 Å². The lowest BCUT2D eigenvalue weighted by atomic mass is 9.91. The van der Waals surface area contributed by atoms with Crippen LogP contribution in [0.2, 0.25) is 0 Å². The summed E-state index contributed by atoms with van der Waals surface area (Å²) in [4.78, 5) is -1.51. The van der Waals surface area contributed by atoms with Crippen LogP contribution in [0.3, 0.4) is 0 Å². The van der Waals surface area contributed by atoms with Gasteiger partial charge < -0.3 is 24.1 Å². The Balaban J connectivity index is 1.27. The fourth-order valence-corrected chi connectivity index (χ4v) is 8.71. The Labute approximate surface area is 330 Å². The molecule has 0 aromatic heterocycles. The van der Waals surface area contributed by atoms with Gasteiger partial charge in [-0.25, -0.2) is 0 Å². The Morgan fingerprint density at radius 2 is 0.964 bits per heavy atom. The Bertz CT molecular complexity index is 2010. The van der Waals surface area contributed by atoms with Crippen LogP contribution in [0.25, 0.3) is 0 Å². The molecule has 1 aliphatic rings. The summed E-state index contributed by atoms with van der Waals surface area (Å²) in [6, 6.07) is 57.7. The standard InChI is InChI=1S/C49H50O5S/c1-2-37-26-28-38(29-27-37)30-43-24-15-25-44(31-43)49(50)48(54-35-42-22-13-6-14-23-42)47(53-34-41-20-11-5-12-21-41)46(52-33-40-18-9-4-10-19-40)45(55-49)36-51-32-39-16-7-3-8-17-39/h3-29,31,45-48,50H,2,30,32-36H2,1H3/t45-,46-,47+,48-,49?/m1/s1. The molecular formula is C49H50O5S. The second-order valence-corrected chi connectivity index (χ2v) is 15.6. The molecule has 1 saturated heterocycles. The van der Waals surface area contributed by atoms with E-state index in [-0.39, 0.29) is 5.25 Å².